The third-order valence-corrected chi connectivity index (χ3v) is 4.50. The van der Waals surface area contributed by atoms with Crippen LogP contribution in [0.25, 0.3) is 0 Å². The van der Waals surface area contributed by atoms with Crippen LogP contribution in [-0.4, -0.2) is 55.8 Å². The average Bonchev–Trinajstić information content (AvgIpc) is 3.09. The van der Waals surface area contributed by atoms with Gasteiger partial charge in [-0.3, -0.25) is 4.79 Å². The number of hydrogen-bond donors (Lipinski definition) is 0. The summed E-state index contributed by atoms with van der Waals surface area (Å²) >= 11 is 2.17. The lowest BCUT2D eigenvalue weighted by molar-refractivity contribution is -0.220. The maximum absolute atomic E-state index is 11.3. The second kappa shape index (κ2) is 6.02. The first-order valence-electron chi connectivity index (χ1n) is 7.01. The van der Waals surface area contributed by atoms with E-state index >= 15 is 0 Å². The number of ether oxygens (including phenoxy) is 4. The first-order valence-corrected chi connectivity index (χ1v) is 8.54. The zero-order chi connectivity index (χ0) is 15.9. The van der Waals surface area contributed by atoms with Gasteiger partial charge in [-0.25, -0.2) is 4.68 Å². The smallest absolute Gasteiger partial charge is 0.303 e. The molecule has 22 heavy (non-hydrogen) atoms. The molecule has 0 unspecified atom stereocenters. The van der Waals surface area contributed by atoms with E-state index in [4.69, 9.17) is 18.9 Å². The van der Waals surface area contributed by atoms with E-state index in [0.29, 0.717) is 4.43 Å². The van der Waals surface area contributed by atoms with Crippen molar-refractivity contribution in [1.29, 1.82) is 0 Å². The summed E-state index contributed by atoms with van der Waals surface area (Å²) in [6, 6.07) is -0.270. The van der Waals surface area contributed by atoms with Crippen molar-refractivity contribution in [1.82, 2.24) is 15.0 Å². The van der Waals surface area contributed by atoms with Gasteiger partial charge in [0, 0.05) is 17.5 Å². The third kappa shape index (κ3) is 2.99. The highest BCUT2D eigenvalue weighted by Gasteiger charge is 2.58. The van der Waals surface area contributed by atoms with Crippen LogP contribution in [0.2, 0.25) is 0 Å². The first kappa shape index (κ1) is 16.1. The topological polar surface area (TPSA) is 84.7 Å². The Morgan fingerprint density at radius 3 is 2.86 bits per heavy atom. The molecule has 2 aliphatic heterocycles. The van der Waals surface area contributed by atoms with Gasteiger partial charge in [0.25, 0.3) is 0 Å². The van der Waals surface area contributed by atoms with Crippen molar-refractivity contribution in [2.24, 2.45) is 0 Å². The van der Waals surface area contributed by atoms with Gasteiger partial charge in [0.15, 0.2) is 12.1 Å². The van der Waals surface area contributed by atoms with Gasteiger partial charge in [0.2, 0.25) is 0 Å². The van der Waals surface area contributed by atoms with Crippen molar-refractivity contribution in [3.8, 4) is 0 Å². The fourth-order valence-electron chi connectivity index (χ4n) is 2.90. The number of carbonyl (C=O) groups excluding carboxylic acids is 1. The largest absolute Gasteiger partial charge is 0.459 e. The summed E-state index contributed by atoms with van der Waals surface area (Å²) in [6.07, 6.45) is 1.67. The van der Waals surface area contributed by atoms with Gasteiger partial charge in [0.1, 0.15) is 24.4 Å². The van der Waals surface area contributed by atoms with Crippen LogP contribution in [0.3, 0.4) is 0 Å². The van der Waals surface area contributed by atoms with Crippen LogP contribution in [0.1, 0.15) is 26.8 Å². The van der Waals surface area contributed by atoms with Gasteiger partial charge < -0.3 is 18.9 Å². The third-order valence-electron chi connectivity index (χ3n) is 3.63. The molecule has 8 nitrogen and oxygen atoms in total. The van der Waals surface area contributed by atoms with Crippen molar-refractivity contribution in [2.75, 3.05) is 4.43 Å². The lowest BCUT2D eigenvalue weighted by Crippen LogP contribution is -2.41. The van der Waals surface area contributed by atoms with Crippen molar-refractivity contribution < 1.29 is 23.7 Å². The molecule has 2 aliphatic rings. The van der Waals surface area contributed by atoms with Crippen LogP contribution in [0, 0.1) is 0 Å². The lowest BCUT2D eigenvalue weighted by Gasteiger charge is -2.29. The molecule has 9 heteroatoms. The summed E-state index contributed by atoms with van der Waals surface area (Å²) in [5, 5.41) is 7.91. The van der Waals surface area contributed by atoms with E-state index in [2.05, 4.69) is 32.9 Å². The zero-order valence-electron chi connectivity index (χ0n) is 12.5. The molecule has 0 saturated carbocycles. The van der Waals surface area contributed by atoms with Gasteiger partial charge in [-0.2, -0.15) is 0 Å². The molecular weight excluding hydrogens is 405 g/mol. The molecule has 0 amide bonds. The van der Waals surface area contributed by atoms with Crippen molar-refractivity contribution in [3.63, 3.8) is 0 Å². The number of aromatic nitrogens is 3. The van der Waals surface area contributed by atoms with E-state index in [1.165, 1.54) is 6.92 Å². The van der Waals surface area contributed by atoms with E-state index in [-0.39, 0.29) is 18.1 Å². The molecular formula is C13H18IN3O5. The van der Waals surface area contributed by atoms with Crippen molar-refractivity contribution >= 4 is 28.6 Å². The highest BCUT2D eigenvalue weighted by molar-refractivity contribution is 14.1. The highest BCUT2D eigenvalue weighted by Crippen LogP contribution is 2.44. The van der Waals surface area contributed by atoms with Crippen molar-refractivity contribution in [3.05, 3.63) is 12.4 Å². The van der Waals surface area contributed by atoms with Gasteiger partial charge in [-0.05, 0) is 13.8 Å². The summed E-state index contributed by atoms with van der Waals surface area (Å²) < 4.78 is 25.4. The molecule has 0 radical (unpaired) electrons. The monoisotopic (exact) mass is 423 g/mol. The number of alkyl halides is 1. The molecule has 0 aromatic carbocycles. The van der Waals surface area contributed by atoms with Gasteiger partial charge in [-0.15, -0.1) is 5.10 Å². The lowest BCUT2D eigenvalue weighted by atomic mass is 10.0. The predicted octanol–water partition coefficient (Wildman–Crippen LogP) is 1.06. The van der Waals surface area contributed by atoms with Crippen LogP contribution < -0.4 is 0 Å². The molecule has 2 fully saturated rings. The molecule has 0 aliphatic carbocycles. The Kier molecular flexibility index (Phi) is 4.40. The Bertz CT molecular complexity index is 538. The van der Waals surface area contributed by atoms with Gasteiger partial charge in [0.05, 0.1) is 6.20 Å². The summed E-state index contributed by atoms with van der Waals surface area (Å²) in [7, 11) is 0. The van der Waals surface area contributed by atoms with Crippen LogP contribution in [0.15, 0.2) is 12.4 Å². The molecule has 0 N–H and O–H groups in total. The molecule has 0 spiro atoms. The van der Waals surface area contributed by atoms with Crippen LogP contribution in [0.5, 0.6) is 0 Å². The SMILES string of the molecule is CC(=O)O[C@H](CI)[C@H]1O[C@@H]2OC(C)(C)O[C@@H]2[C@H]1n1ccnn1. The van der Waals surface area contributed by atoms with E-state index in [9.17, 15) is 4.79 Å². The summed E-state index contributed by atoms with van der Waals surface area (Å²) in [5.74, 6) is -1.07. The van der Waals surface area contributed by atoms with Crippen LogP contribution in [-0.2, 0) is 23.7 Å². The minimum absolute atomic E-state index is 0.270. The average molecular weight is 423 g/mol. The minimum Gasteiger partial charge on any atom is -0.459 e. The second-order valence-corrected chi connectivity index (χ2v) is 6.63. The van der Waals surface area contributed by atoms with Gasteiger partial charge >= 0.3 is 5.97 Å². The van der Waals surface area contributed by atoms with E-state index < -0.39 is 24.3 Å². The standard InChI is InChI=1S/C13H18IN3O5/c1-7(18)19-8(6-14)10-9(17-5-4-15-16-17)11-12(20-10)22-13(2,3)21-11/h4-5,8-12H,6H2,1-3H3/t8-,9+,10-,11-,12-/m1/s1. The fourth-order valence-corrected chi connectivity index (χ4v) is 3.58. The van der Waals surface area contributed by atoms with Gasteiger partial charge in [-0.1, -0.05) is 27.8 Å². The molecule has 0 bridgehead atoms. The number of hydrogen-bond acceptors (Lipinski definition) is 7. The van der Waals surface area contributed by atoms with E-state index in [1.54, 1.807) is 17.1 Å². The normalized spacial score (nSPS) is 34.4. The Balaban J connectivity index is 1.88. The number of nitrogens with zero attached hydrogens (tertiary/aromatic N) is 3. The molecule has 1 aromatic rings. The Morgan fingerprint density at radius 1 is 1.50 bits per heavy atom. The maximum Gasteiger partial charge on any atom is 0.303 e. The number of rotatable bonds is 4. The summed E-state index contributed by atoms with van der Waals surface area (Å²) in [4.78, 5) is 11.3. The maximum atomic E-state index is 11.3. The predicted molar refractivity (Wildman–Crippen MR) is 82.2 cm³/mol. The molecule has 3 rings (SSSR count). The Hall–Kier alpha value is -0.780. The fraction of sp³-hybridized carbons (Fsp3) is 0.769. The number of carbonyl (C=O) groups is 1. The first-order chi connectivity index (χ1) is 10.4. The summed E-state index contributed by atoms with van der Waals surface area (Å²) in [5.41, 5.74) is 0. The second-order valence-electron chi connectivity index (χ2n) is 5.75. The zero-order valence-corrected chi connectivity index (χ0v) is 14.7. The minimum atomic E-state index is -0.722. The quantitative estimate of drug-likeness (QED) is 0.407. The Labute approximate surface area is 141 Å². The molecule has 3 heterocycles. The molecule has 122 valence electrons. The van der Waals surface area contributed by atoms with E-state index in [1.807, 2.05) is 13.8 Å². The number of halogens is 1. The van der Waals surface area contributed by atoms with Crippen LogP contribution in [0.4, 0.5) is 0 Å². The molecule has 5 atom stereocenters. The van der Waals surface area contributed by atoms with Crippen LogP contribution >= 0.6 is 22.6 Å². The number of fused-ring (bicyclic) bond motifs is 1. The van der Waals surface area contributed by atoms with Crippen molar-refractivity contribution in [2.45, 2.75) is 57.2 Å². The summed E-state index contributed by atoms with van der Waals surface area (Å²) in [6.45, 7) is 5.06. The number of esters is 1. The highest BCUT2D eigenvalue weighted by atomic mass is 127. The Morgan fingerprint density at radius 2 is 2.27 bits per heavy atom. The van der Waals surface area contributed by atoms with E-state index in [0.717, 1.165) is 0 Å². The molecule has 2 saturated heterocycles. The molecule has 1 aromatic heterocycles.